The second kappa shape index (κ2) is 11.9. The third-order valence-corrected chi connectivity index (χ3v) is 5.04. The molecular weight excluding hydrogens is 454 g/mol. The van der Waals surface area contributed by atoms with E-state index in [0.717, 1.165) is 16.8 Å². The number of benzene rings is 3. The third kappa shape index (κ3) is 6.83. The molecule has 0 aromatic heterocycles. The SMILES string of the molecule is CCOc1cc(/C=N/NC(=O)c2ccccc2)cc(Cl)c1OCC(=O)Nc1cc(C)ccc1C. The van der Waals surface area contributed by atoms with Crippen LogP contribution in [0.4, 0.5) is 5.69 Å². The van der Waals surface area contributed by atoms with Crippen molar-refractivity contribution in [1.29, 1.82) is 0 Å². The number of nitrogens with zero attached hydrogens (tertiary/aromatic N) is 1. The molecule has 34 heavy (non-hydrogen) atoms. The number of rotatable bonds is 9. The molecule has 0 unspecified atom stereocenters. The fourth-order valence-corrected chi connectivity index (χ4v) is 3.35. The number of anilines is 1. The number of hydrogen-bond acceptors (Lipinski definition) is 5. The lowest BCUT2D eigenvalue weighted by atomic mass is 10.1. The van der Waals surface area contributed by atoms with Gasteiger partial charge in [0.15, 0.2) is 18.1 Å². The van der Waals surface area contributed by atoms with Crippen LogP contribution in [0, 0.1) is 13.8 Å². The molecule has 8 heteroatoms. The van der Waals surface area contributed by atoms with Crippen LogP contribution in [0.25, 0.3) is 0 Å². The highest BCUT2D eigenvalue weighted by Gasteiger charge is 2.15. The van der Waals surface area contributed by atoms with Crippen LogP contribution >= 0.6 is 11.6 Å². The van der Waals surface area contributed by atoms with Gasteiger partial charge in [0, 0.05) is 11.3 Å². The van der Waals surface area contributed by atoms with Crippen LogP contribution in [0.15, 0.2) is 65.8 Å². The van der Waals surface area contributed by atoms with Crippen LogP contribution < -0.4 is 20.2 Å². The van der Waals surface area contributed by atoms with Gasteiger partial charge < -0.3 is 14.8 Å². The fourth-order valence-electron chi connectivity index (χ4n) is 3.08. The van der Waals surface area contributed by atoms with E-state index in [4.69, 9.17) is 21.1 Å². The van der Waals surface area contributed by atoms with Crippen LogP contribution in [0.1, 0.15) is 34.0 Å². The van der Waals surface area contributed by atoms with E-state index in [1.165, 1.54) is 6.21 Å². The van der Waals surface area contributed by atoms with Gasteiger partial charge in [-0.25, -0.2) is 5.43 Å². The van der Waals surface area contributed by atoms with Gasteiger partial charge in [-0.1, -0.05) is 41.9 Å². The normalized spacial score (nSPS) is 10.7. The van der Waals surface area contributed by atoms with Crippen molar-refractivity contribution < 1.29 is 19.1 Å². The molecule has 0 bridgehead atoms. The highest BCUT2D eigenvalue weighted by molar-refractivity contribution is 6.32. The van der Waals surface area contributed by atoms with Gasteiger partial charge in [-0.05, 0) is 67.8 Å². The Hall–Kier alpha value is -3.84. The van der Waals surface area contributed by atoms with Gasteiger partial charge in [0.05, 0.1) is 17.8 Å². The number of halogens is 1. The molecule has 7 nitrogen and oxygen atoms in total. The van der Waals surface area contributed by atoms with Crippen molar-refractivity contribution in [1.82, 2.24) is 5.43 Å². The van der Waals surface area contributed by atoms with Crippen molar-refractivity contribution in [3.63, 3.8) is 0 Å². The summed E-state index contributed by atoms with van der Waals surface area (Å²) in [4.78, 5) is 24.5. The number of carbonyl (C=O) groups excluding carboxylic acids is 2. The molecule has 0 radical (unpaired) electrons. The molecule has 0 aliphatic rings. The van der Waals surface area contributed by atoms with Gasteiger partial charge in [-0.3, -0.25) is 9.59 Å². The van der Waals surface area contributed by atoms with Crippen molar-refractivity contribution in [2.24, 2.45) is 5.10 Å². The molecular formula is C26H26ClN3O4. The summed E-state index contributed by atoms with van der Waals surface area (Å²) in [5.74, 6) is -0.0280. The summed E-state index contributed by atoms with van der Waals surface area (Å²) in [6.45, 7) is 5.83. The van der Waals surface area contributed by atoms with E-state index in [1.54, 1.807) is 36.4 Å². The maximum absolute atomic E-state index is 12.4. The van der Waals surface area contributed by atoms with Crippen molar-refractivity contribution in [2.45, 2.75) is 20.8 Å². The molecule has 0 atom stereocenters. The van der Waals surface area contributed by atoms with Gasteiger partial charge in [-0.15, -0.1) is 0 Å². The molecule has 0 spiro atoms. The molecule has 0 aliphatic carbocycles. The highest BCUT2D eigenvalue weighted by atomic mass is 35.5. The van der Waals surface area contributed by atoms with Crippen LogP contribution in [-0.4, -0.2) is 31.2 Å². The quantitative estimate of drug-likeness (QED) is 0.328. The lowest BCUT2D eigenvalue weighted by molar-refractivity contribution is -0.118. The summed E-state index contributed by atoms with van der Waals surface area (Å²) < 4.78 is 11.3. The fraction of sp³-hybridized carbons (Fsp3) is 0.192. The zero-order chi connectivity index (χ0) is 24.5. The van der Waals surface area contributed by atoms with E-state index in [-0.39, 0.29) is 29.2 Å². The van der Waals surface area contributed by atoms with Crippen LogP contribution in [-0.2, 0) is 4.79 Å². The molecule has 0 saturated heterocycles. The summed E-state index contributed by atoms with van der Waals surface area (Å²) in [6.07, 6.45) is 1.45. The van der Waals surface area contributed by atoms with Gasteiger partial charge >= 0.3 is 0 Å². The average molecular weight is 480 g/mol. The molecule has 2 N–H and O–H groups in total. The largest absolute Gasteiger partial charge is 0.490 e. The Morgan fingerprint density at radius 2 is 1.79 bits per heavy atom. The Bertz CT molecular complexity index is 1200. The summed E-state index contributed by atoms with van der Waals surface area (Å²) in [5.41, 5.74) is 6.28. The summed E-state index contributed by atoms with van der Waals surface area (Å²) in [5, 5.41) is 7.08. The van der Waals surface area contributed by atoms with Crippen molar-refractivity contribution in [3.8, 4) is 11.5 Å². The van der Waals surface area contributed by atoms with Crippen molar-refractivity contribution >= 4 is 35.3 Å². The second-order valence-corrected chi connectivity index (χ2v) is 7.89. The minimum atomic E-state index is -0.331. The smallest absolute Gasteiger partial charge is 0.271 e. The first-order chi connectivity index (χ1) is 16.4. The Balaban J connectivity index is 1.67. The monoisotopic (exact) mass is 479 g/mol. The number of hydrogen-bond donors (Lipinski definition) is 2. The Labute approximate surface area is 203 Å². The third-order valence-electron chi connectivity index (χ3n) is 4.76. The highest BCUT2D eigenvalue weighted by Crippen LogP contribution is 2.36. The number of amides is 2. The topological polar surface area (TPSA) is 89.0 Å². The molecule has 0 fully saturated rings. The maximum Gasteiger partial charge on any atom is 0.271 e. The van der Waals surface area contributed by atoms with Crippen LogP contribution in [0.5, 0.6) is 11.5 Å². The number of ether oxygens (including phenoxy) is 2. The first kappa shape index (κ1) is 24.8. The standard InChI is InChI=1S/C26H26ClN3O4/c1-4-33-23-14-19(15-28-30-26(32)20-8-6-5-7-9-20)13-21(27)25(23)34-16-24(31)29-22-12-17(2)10-11-18(22)3/h5-15H,4,16H2,1-3H3,(H,29,31)(H,30,32)/b28-15+. The summed E-state index contributed by atoms with van der Waals surface area (Å²) >= 11 is 6.41. The molecule has 3 aromatic carbocycles. The maximum atomic E-state index is 12.4. The molecule has 176 valence electrons. The Morgan fingerprint density at radius 1 is 1.03 bits per heavy atom. The minimum absolute atomic E-state index is 0.242. The number of aryl methyl sites for hydroxylation is 2. The van der Waals surface area contributed by atoms with Crippen LogP contribution in [0.2, 0.25) is 5.02 Å². The van der Waals surface area contributed by atoms with Crippen molar-refractivity contribution in [2.75, 3.05) is 18.5 Å². The second-order valence-electron chi connectivity index (χ2n) is 7.48. The number of carbonyl (C=O) groups is 2. The predicted molar refractivity (Wildman–Crippen MR) is 134 cm³/mol. The van der Waals surface area contributed by atoms with E-state index in [1.807, 2.05) is 45.0 Å². The van der Waals surface area contributed by atoms with Crippen LogP contribution in [0.3, 0.4) is 0 Å². The minimum Gasteiger partial charge on any atom is -0.490 e. The number of hydrazone groups is 1. The van der Waals surface area contributed by atoms with E-state index < -0.39 is 0 Å². The van der Waals surface area contributed by atoms with Gasteiger partial charge in [0.1, 0.15) is 0 Å². The molecule has 2 amide bonds. The first-order valence-corrected chi connectivity index (χ1v) is 11.1. The molecule has 3 rings (SSSR count). The Kier molecular flexibility index (Phi) is 8.65. The van der Waals surface area contributed by atoms with E-state index in [2.05, 4.69) is 15.8 Å². The molecule has 0 saturated carbocycles. The zero-order valence-electron chi connectivity index (χ0n) is 19.2. The molecule has 3 aromatic rings. The lowest BCUT2D eigenvalue weighted by Crippen LogP contribution is -2.21. The van der Waals surface area contributed by atoms with E-state index in [0.29, 0.717) is 23.5 Å². The summed E-state index contributed by atoms with van der Waals surface area (Å²) in [6, 6.07) is 17.9. The molecule has 0 heterocycles. The van der Waals surface area contributed by atoms with E-state index >= 15 is 0 Å². The van der Waals surface area contributed by atoms with Gasteiger partial charge in [0.25, 0.3) is 11.8 Å². The van der Waals surface area contributed by atoms with E-state index in [9.17, 15) is 9.59 Å². The summed E-state index contributed by atoms with van der Waals surface area (Å²) in [7, 11) is 0. The van der Waals surface area contributed by atoms with Gasteiger partial charge in [-0.2, -0.15) is 5.10 Å². The van der Waals surface area contributed by atoms with Crippen molar-refractivity contribution in [3.05, 3.63) is 87.9 Å². The first-order valence-electron chi connectivity index (χ1n) is 10.7. The predicted octanol–water partition coefficient (Wildman–Crippen LogP) is 5.14. The zero-order valence-corrected chi connectivity index (χ0v) is 20.0. The molecule has 0 aliphatic heterocycles. The Morgan fingerprint density at radius 3 is 2.53 bits per heavy atom. The number of nitrogens with one attached hydrogen (secondary N) is 2. The van der Waals surface area contributed by atoms with Gasteiger partial charge in [0.2, 0.25) is 0 Å². The average Bonchev–Trinajstić information content (AvgIpc) is 2.81. The lowest BCUT2D eigenvalue weighted by Gasteiger charge is -2.15.